The first-order valence-corrected chi connectivity index (χ1v) is 11.0. The molecule has 0 saturated heterocycles. The summed E-state index contributed by atoms with van der Waals surface area (Å²) >= 11 is 0. The number of rotatable bonds is 11. The molecule has 0 spiro atoms. The maximum atomic E-state index is 13.7. The van der Waals surface area contributed by atoms with Gasteiger partial charge < -0.3 is 20.2 Å². The van der Waals surface area contributed by atoms with E-state index < -0.39 is 17.8 Å². The van der Waals surface area contributed by atoms with Crippen molar-refractivity contribution < 1.29 is 22.7 Å². The first kappa shape index (κ1) is 26.2. The average molecular weight is 468 g/mol. The number of amidine groups is 1. The Morgan fingerprint density at radius 1 is 1.24 bits per heavy atom. The number of nitrogens with zero attached hydrogens (tertiary/aromatic N) is 3. The number of alkyl halides is 3. The van der Waals surface area contributed by atoms with Crippen molar-refractivity contribution in [2.75, 3.05) is 20.3 Å². The van der Waals surface area contributed by atoms with Crippen molar-refractivity contribution in [1.29, 1.82) is 5.41 Å². The van der Waals surface area contributed by atoms with Crippen LogP contribution < -0.4 is 10.5 Å². The maximum absolute atomic E-state index is 13.7. The van der Waals surface area contributed by atoms with E-state index in [1.807, 2.05) is 6.08 Å². The number of halogens is 3. The molecule has 33 heavy (non-hydrogen) atoms. The molecule has 1 aromatic carbocycles. The molecule has 0 amide bonds. The van der Waals surface area contributed by atoms with Crippen LogP contribution in [0.3, 0.4) is 0 Å². The van der Waals surface area contributed by atoms with Gasteiger partial charge in [-0.1, -0.05) is 56.3 Å². The van der Waals surface area contributed by atoms with Gasteiger partial charge in [-0.3, -0.25) is 5.41 Å². The van der Waals surface area contributed by atoms with E-state index in [0.717, 1.165) is 38.2 Å². The largest absolute Gasteiger partial charge is 0.493 e. The number of nitrogens with two attached hydrogens (primary N) is 1. The van der Waals surface area contributed by atoms with E-state index >= 15 is 0 Å². The zero-order valence-corrected chi connectivity index (χ0v) is 19.1. The van der Waals surface area contributed by atoms with Gasteiger partial charge in [0.1, 0.15) is 12.9 Å². The summed E-state index contributed by atoms with van der Waals surface area (Å²) in [6, 6.07) is 3.31. The lowest BCUT2D eigenvalue weighted by Crippen LogP contribution is -2.41. The van der Waals surface area contributed by atoms with Crippen molar-refractivity contribution in [2.45, 2.75) is 57.7 Å². The lowest BCUT2D eigenvalue weighted by molar-refractivity contribution is -0.139. The number of ether oxygens (including phenoxy) is 1. The van der Waals surface area contributed by atoms with Gasteiger partial charge in [-0.2, -0.15) is 13.2 Å². The van der Waals surface area contributed by atoms with Crippen LogP contribution in [0.5, 0.6) is 5.75 Å². The highest BCUT2D eigenvalue weighted by molar-refractivity contribution is 6.04. The molecule has 1 aliphatic heterocycles. The van der Waals surface area contributed by atoms with Gasteiger partial charge in [0, 0.05) is 18.3 Å². The summed E-state index contributed by atoms with van der Waals surface area (Å²) in [5.41, 5.74) is 4.78. The van der Waals surface area contributed by atoms with Gasteiger partial charge >= 0.3 is 6.18 Å². The SMILES string of the molecule is CCCCCCCCOc1ccc(C(=N/OC)/N=C/[C@@H]2C=CCN2C(=N)N)cc1C(F)(F)F. The molecular weight excluding hydrogens is 435 g/mol. The summed E-state index contributed by atoms with van der Waals surface area (Å²) in [5, 5.41) is 11.4. The Labute approximate surface area is 192 Å². The zero-order chi connectivity index (χ0) is 24.3. The molecule has 0 aliphatic carbocycles. The van der Waals surface area contributed by atoms with Crippen LogP contribution in [0.15, 0.2) is 40.5 Å². The minimum absolute atomic E-state index is 0.0331. The molecule has 0 radical (unpaired) electrons. The van der Waals surface area contributed by atoms with Crippen molar-refractivity contribution >= 4 is 18.0 Å². The average Bonchev–Trinajstić information content (AvgIpc) is 3.24. The summed E-state index contributed by atoms with van der Waals surface area (Å²) in [7, 11) is 1.29. The van der Waals surface area contributed by atoms with Crippen LogP contribution in [-0.2, 0) is 11.0 Å². The number of benzene rings is 1. The minimum atomic E-state index is -4.60. The lowest BCUT2D eigenvalue weighted by Gasteiger charge is -2.21. The summed E-state index contributed by atoms with van der Waals surface area (Å²) < 4.78 is 46.6. The van der Waals surface area contributed by atoms with Crippen LogP contribution in [0.1, 0.15) is 56.6 Å². The molecule has 0 unspecified atom stereocenters. The van der Waals surface area contributed by atoms with Crippen LogP contribution >= 0.6 is 0 Å². The topological polar surface area (TPSA) is 96.3 Å². The fourth-order valence-electron chi connectivity index (χ4n) is 3.39. The smallest absolute Gasteiger partial charge is 0.419 e. The normalized spacial score (nSPS) is 16.6. The number of oxime groups is 1. The highest BCUT2D eigenvalue weighted by Gasteiger charge is 2.35. The highest BCUT2D eigenvalue weighted by atomic mass is 19.4. The second-order valence-electron chi connectivity index (χ2n) is 7.66. The van der Waals surface area contributed by atoms with Gasteiger partial charge in [0.15, 0.2) is 11.8 Å². The Morgan fingerprint density at radius 3 is 2.64 bits per heavy atom. The van der Waals surface area contributed by atoms with Crippen molar-refractivity contribution in [3.05, 3.63) is 41.5 Å². The van der Waals surface area contributed by atoms with Gasteiger partial charge in [0.2, 0.25) is 0 Å². The fraction of sp³-hybridized carbons (Fsp3) is 0.522. The van der Waals surface area contributed by atoms with Crippen LogP contribution in [0, 0.1) is 5.41 Å². The van der Waals surface area contributed by atoms with Crippen molar-refractivity contribution in [1.82, 2.24) is 4.90 Å². The number of unbranched alkanes of at least 4 members (excludes halogenated alkanes) is 5. The van der Waals surface area contributed by atoms with Gasteiger partial charge in [0.05, 0.1) is 18.2 Å². The number of guanidine groups is 1. The highest BCUT2D eigenvalue weighted by Crippen LogP contribution is 2.37. The lowest BCUT2D eigenvalue weighted by atomic mass is 10.1. The van der Waals surface area contributed by atoms with Gasteiger partial charge in [-0.25, -0.2) is 4.99 Å². The first-order valence-electron chi connectivity index (χ1n) is 11.0. The monoisotopic (exact) mass is 467 g/mol. The Bertz CT molecular complexity index is 868. The van der Waals surface area contributed by atoms with E-state index in [2.05, 4.69) is 17.1 Å². The molecule has 0 bridgehead atoms. The number of hydrogen-bond donors (Lipinski definition) is 2. The molecule has 1 aromatic rings. The molecule has 10 heteroatoms. The number of aliphatic imine (C=N–C) groups is 1. The molecular formula is C23H32F3N5O2. The second-order valence-corrected chi connectivity index (χ2v) is 7.66. The van der Waals surface area contributed by atoms with Crippen molar-refractivity contribution in [3.63, 3.8) is 0 Å². The van der Waals surface area contributed by atoms with E-state index in [1.165, 1.54) is 25.5 Å². The van der Waals surface area contributed by atoms with E-state index in [0.29, 0.717) is 13.0 Å². The quantitative estimate of drug-likeness (QED) is 0.158. The third-order valence-electron chi connectivity index (χ3n) is 5.13. The molecule has 3 N–H and O–H groups in total. The summed E-state index contributed by atoms with van der Waals surface area (Å²) in [5.74, 6) is -0.385. The standard InChI is InChI=1S/C23H32F3N5O2/c1-3-4-5-6-7-8-14-33-20-12-11-17(15-19(20)23(24,25)26)21(30-32-2)29-16-18-10-9-13-31(18)22(27)28/h9-12,15-16,18H,3-8,13-14H2,1-2H3,(H3,27,28)/b29-16+,30-21-/t18-/m0/s1. The molecule has 2 rings (SSSR count). The van der Waals surface area contributed by atoms with Gasteiger partial charge in [-0.05, 0) is 24.6 Å². The molecule has 1 atom stereocenters. The van der Waals surface area contributed by atoms with Crippen LogP contribution in [0.25, 0.3) is 0 Å². The van der Waals surface area contributed by atoms with E-state index in [1.54, 1.807) is 11.0 Å². The van der Waals surface area contributed by atoms with E-state index in [-0.39, 0.29) is 29.7 Å². The van der Waals surface area contributed by atoms with Gasteiger partial charge in [-0.15, -0.1) is 0 Å². The first-order chi connectivity index (χ1) is 15.8. The van der Waals surface area contributed by atoms with Crippen molar-refractivity contribution in [2.24, 2.45) is 15.9 Å². The zero-order valence-electron chi connectivity index (χ0n) is 19.1. The van der Waals surface area contributed by atoms with Crippen LogP contribution in [0.4, 0.5) is 13.2 Å². The number of nitrogens with one attached hydrogen (secondary N) is 1. The Kier molecular flexibility index (Phi) is 10.2. The third kappa shape index (κ3) is 8.11. The summed E-state index contributed by atoms with van der Waals surface area (Å²) in [6.45, 7) is 2.80. The Morgan fingerprint density at radius 2 is 1.97 bits per heavy atom. The maximum Gasteiger partial charge on any atom is 0.419 e. The molecule has 0 saturated carbocycles. The van der Waals surface area contributed by atoms with Crippen LogP contribution in [0.2, 0.25) is 0 Å². The molecule has 1 aliphatic rings. The van der Waals surface area contributed by atoms with Crippen molar-refractivity contribution in [3.8, 4) is 5.75 Å². The van der Waals surface area contributed by atoms with E-state index in [4.69, 9.17) is 20.7 Å². The minimum Gasteiger partial charge on any atom is -0.493 e. The Hall–Kier alpha value is -3.04. The Balaban J connectivity index is 2.15. The van der Waals surface area contributed by atoms with E-state index in [9.17, 15) is 13.2 Å². The number of hydrogen-bond acceptors (Lipinski definition) is 4. The predicted molar refractivity (Wildman–Crippen MR) is 124 cm³/mol. The molecule has 0 fully saturated rings. The predicted octanol–water partition coefficient (Wildman–Crippen LogP) is 4.96. The molecule has 0 aromatic heterocycles. The summed E-state index contributed by atoms with van der Waals surface area (Å²) in [4.78, 5) is 10.6. The second kappa shape index (κ2) is 12.9. The molecule has 1 heterocycles. The summed E-state index contributed by atoms with van der Waals surface area (Å²) in [6.07, 6.45) is 6.57. The van der Waals surface area contributed by atoms with Gasteiger partial charge in [0.25, 0.3) is 0 Å². The molecule has 182 valence electrons. The van der Waals surface area contributed by atoms with Crippen LogP contribution in [-0.4, -0.2) is 49.2 Å². The fourth-order valence-corrected chi connectivity index (χ4v) is 3.39. The molecule has 7 nitrogen and oxygen atoms in total. The third-order valence-corrected chi connectivity index (χ3v) is 5.13.